The predicted octanol–water partition coefficient (Wildman–Crippen LogP) is 4.63. The van der Waals surface area contributed by atoms with Crippen LogP contribution in [0.15, 0.2) is 64.2 Å². The van der Waals surface area contributed by atoms with Crippen LogP contribution in [-0.4, -0.2) is 27.0 Å². The van der Waals surface area contributed by atoms with Gasteiger partial charge in [0.15, 0.2) is 0 Å². The highest BCUT2D eigenvalue weighted by molar-refractivity contribution is 9.10. The molecule has 28 heavy (non-hydrogen) atoms. The Morgan fingerprint density at radius 1 is 1.25 bits per heavy atom. The number of hydrazone groups is 1. The number of fused-ring (bicyclic) bond motifs is 1. The van der Waals surface area contributed by atoms with Crippen molar-refractivity contribution < 1.29 is 9.90 Å². The summed E-state index contributed by atoms with van der Waals surface area (Å²) in [6, 6.07) is 16.6. The van der Waals surface area contributed by atoms with Gasteiger partial charge in [0.05, 0.1) is 22.5 Å². The van der Waals surface area contributed by atoms with E-state index in [1.807, 2.05) is 48.0 Å². The summed E-state index contributed by atoms with van der Waals surface area (Å²) in [6.07, 6.45) is 1.41. The molecule has 2 N–H and O–H groups in total. The molecule has 0 aliphatic rings. The molecule has 0 aliphatic carbocycles. The molecule has 8 heteroatoms. The molecule has 0 spiro atoms. The Labute approximate surface area is 173 Å². The normalized spacial score (nSPS) is 11.4. The zero-order chi connectivity index (χ0) is 19.7. The summed E-state index contributed by atoms with van der Waals surface area (Å²) in [5.74, 6) is -0.229. The molecule has 0 fully saturated rings. The van der Waals surface area contributed by atoms with Gasteiger partial charge in [0.25, 0.3) is 5.91 Å². The first-order valence-electron chi connectivity index (χ1n) is 8.39. The number of para-hydroxylation sites is 1. The lowest BCUT2D eigenvalue weighted by molar-refractivity contribution is 0.0959. The van der Waals surface area contributed by atoms with E-state index in [0.29, 0.717) is 10.4 Å². The van der Waals surface area contributed by atoms with Crippen LogP contribution in [0.25, 0.3) is 15.9 Å². The van der Waals surface area contributed by atoms with Crippen LogP contribution in [0.2, 0.25) is 0 Å². The maximum Gasteiger partial charge on any atom is 0.281 e. The zero-order valence-corrected chi connectivity index (χ0v) is 17.2. The third kappa shape index (κ3) is 3.56. The SMILES string of the molecule is Cc1nn(-c2ccccc2)c2sc(C(=O)N/N=C\c3cc(Br)ccc3O)cc12. The van der Waals surface area contributed by atoms with Gasteiger partial charge in [0.2, 0.25) is 0 Å². The largest absolute Gasteiger partial charge is 0.507 e. The van der Waals surface area contributed by atoms with Crippen LogP contribution in [-0.2, 0) is 0 Å². The Bertz CT molecular complexity index is 1200. The van der Waals surface area contributed by atoms with Crippen molar-refractivity contribution >= 4 is 49.6 Å². The average Bonchev–Trinajstić information content (AvgIpc) is 3.26. The van der Waals surface area contributed by atoms with E-state index >= 15 is 0 Å². The summed E-state index contributed by atoms with van der Waals surface area (Å²) < 4.78 is 2.65. The van der Waals surface area contributed by atoms with Crippen LogP contribution in [0.4, 0.5) is 0 Å². The molecule has 0 unspecified atom stereocenters. The summed E-state index contributed by atoms with van der Waals surface area (Å²) in [6.45, 7) is 1.92. The van der Waals surface area contributed by atoms with Crippen molar-refractivity contribution in [1.29, 1.82) is 0 Å². The number of thiophene rings is 1. The van der Waals surface area contributed by atoms with Gasteiger partial charge in [-0.3, -0.25) is 4.79 Å². The number of aryl methyl sites for hydroxylation is 1. The fourth-order valence-corrected chi connectivity index (χ4v) is 4.20. The van der Waals surface area contributed by atoms with E-state index in [-0.39, 0.29) is 11.7 Å². The van der Waals surface area contributed by atoms with Gasteiger partial charge in [-0.05, 0) is 43.3 Å². The number of aromatic hydroxyl groups is 1. The van der Waals surface area contributed by atoms with Crippen molar-refractivity contribution in [2.75, 3.05) is 0 Å². The van der Waals surface area contributed by atoms with E-state index in [1.54, 1.807) is 18.2 Å². The first-order chi connectivity index (χ1) is 13.5. The first kappa shape index (κ1) is 18.4. The van der Waals surface area contributed by atoms with Crippen LogP contribution >= 0.6 is 27.3 Å². The number of rotatable bonds is 4. The van der Waals surface area contributed by atoms with Crippen LogP contribution < -0.4 is 5.43 Å². The summed E-state index contributed by atoms with van der Waals surface area (Å²) in [4.78, 5) is 13.9. The molecule has 0 atom stereocenters. The number of benzene rings is 2. The second kappa shape index (κ2) is 7.57. The van der Waals surface area contributed by atoms with Gasteiger partial charge in [-0.1, -0.05) is 34.1 Å². The maximum atomic E-state index is 12.5. The van der Waals surface area contributed by atoms with Gasteiger partial charge in [0, 0.05) is 15.4 Å². The molecule has 0 bridgehead atoms. The van der Waals surface area contributed by atoms with E-state index in [1.165, 1.54) is 17.6 Å². The van der Waals surface area contributed by atoms with E-state index in [4.69, 9.17) is 0 Å². The second-order valence-corrected chi connectivity index (χ2v) is 8.01. The highest BCUT2D eigenvalue weighted by Gasteiger charge is 2.16. The lowest BCUT2D eigenvalue weighted by atomic mass is 10.2. The van der Waals surface area contributed by atoms with Gasteiger partial charge in [-0.2, -0.15) is 10.2 Å². The first-order valence-corrected chi connectivity index (χ1v) is 10.0. The summed E-state index contributed by atoms with van der Waals surface area (Å²) >= 11 is 4.69. The van der Waals surface area contributed by atoms with Crippen molar-refractivity contribution in [1.82, 2.24) is 15.2 Å². The highest BCUT2D eigenvalue weighted by Crippen LogP contribution is 2.30. The van der Waals surface area contributed by atoms with Gasteiger partial charge in [-0.25, -0.2) is 10.1 Å². The number of carbonyl (C=O) groups is 1. The number of halogens is 1. The van der Waals surface area contributed by atoms with Crippen molar-refractivity contribution in [3.8, 4) is 11.4 Å². The molecule has 0 aliphatic heterocycles. The molecule has 0 radical (unpaired) electrons. The van der Waals surface area contributed by atoms with Gasteiger partial charge < -0.3 is 5.11 Å². The average molecular weight is 455 g/mol. The summed E-state index contributed by atoms with van der Waals surface area (Å²) in [7, 11) is 0. The molecule has 140 valence electrons. The number of amides is 1. The quantitative estimate of drug-likeness (QED) is 0.348. The molecule has 2 aromatic heterocycles. The molecule has 2 aromatic carbocycles. The smallest absolute Gasteiger partial charge is 0.281 e. The number of phenolic OH excluding ortho intramolecular Hbond substituents is 1. The molecular weight excluding hydrogens is 440 g/mol. The molecule has 1 amide bonds. The third-order valence-electron chi connectivity index (χ3n) is 4.13. The fourth-order valence-electron chi connectivity index (χ4n) is 2.75. The minimum absolute atomic E-state index is 0.0849. The topological polar surface area (TPSA) is 79.5 Å². The van der Waals surface area contributed by atoms with Crippen molar-refractivity contribution in [2.24, 2.45) is 5.10 Å². The number of nitrogens with one attached hydrogen (secondary N) is 1. The zero-order valence-electron chi connectivity index (χ0n) is 14.8. The monoisotopic (exact) mass is 454 g/mol. The maximum absolute atomic E-state index is 12.5. The van der Waals surface area contributed by atoms with E-state index in [9.17, 15) is 9.90 Å². The van der Waals surface area contributed by atoms with Gasteiger partial charge >= 0.3 is 0 Å². The number of hydrogen-bond donors (Lipinski definition) is 2. The summed E-state index contributed by atoms with van der Waals surface area (Å²) in [5.41, 5.74) is 4.81. The molecule has 2 heterocycles. The Morgan fingerprint density at radius 3 is 2.82 bits per heavy atom. The van der Waals surface area contributed by atoms with Crippen LogP contribution in [0.3, 0.4) is 0 Å². The Morgan fingerprint density at radius 2 is 2.04 bits per heavy atom. The van der Waals surface area contributed by atoms with Crippen molar-refractivity contribution in [3.63, 3.8) is 0 Å². The molecular formula is C20H15BrN4O2S. The van der Waals surface area contributed by atoms with Crippen LogP contribution in [0.5, 0.6) is 5.75 Å². The minimum atomic E-state index is -0.314. The van der Waals surface area contributed by atoms with Crippen molar-refractivity contribution in [2.45, 2.75) is 6.92 Å². The van der Waals surface area contributed by atoms with Crippen LogP contribution in [0.1, 0.15) is 20.9 Å². The Kier molecular flexibility index (Phi) is 4.97. The Hall–Kier alpha value is -2.97. The minimum Gasteiger partial charge on any atom is -0.507 e. The second-order valence-electron chi connectivity index (χ2n) is 6.06. The van der Waals surface area contributed by atoms with E-state index < -0.39 is 0 Å². The lowest BCUT2D eigenvalue weighted by Crippen LogP contribution is -2.16. The van der Waals surface area contributed by atoms with Gasteiger partial charge in [-0.15, -0.1) is 11.3 Å². The number of aromatic nitrogens is 2. The molecule has 0 saturated carbocycles. The highest BCUT2D eigenvalue weighted by atomic mass is 79.9. The molecule has 0 saturated heterocycles. The Balaban J connectivity index is 1.58. The third-order valence-corrected chi connectivity index (χ3v) is 5.73. The number of hydrogen-bond acceptors (Lipinski definition) is 5. The molecule has 6 nitrogen and oxygen atoms in total. The van der Waals surface area contributed by atoms with Gasteiger partial charge in [0.1, 0.15) is 10.6 Å². The van der Waals surface area contributed by atoms with E-state index in [2.05, 4.69) is 31.6 Å². The van der Waals surface area contributed by atoms with Crippen molar-refractivity contribution in [3.05, 3.63) is 75.2 Å². The standard InChI is InChI=1S/C20H15BrN4O2S/c1-12-16-10-18(28-20(16)25(24-12)15-5-3-2-4-6-15)19(27)23-22-11-13-9-14(21)7-8-17(13)26/h2-11,26H,1H3,(H,23,27)/b22-11-. The number of carbonyl (C=O) groups excluding carboxylic acids is 1. The van der Waals surface area contributed by atoms with E-state index in [0.717, 1.165) is 26.1 Å². The predicted molar refractivity (Wildman–Crippen MR) is 115 cm³/mol. The lowest BCUT2D eigenvalue weighted by Gasteiger charge is -2.01. The number of nitrogens with zero attached hydrogens (tertiary/aromatic N) is 3. The fraction of sp³-hybridized carbons (Fsp3) is 0.0500. The number of phenols is 1. The molecule has 4 rings (SSSR count). The summed E-state index contributed by atoms with van der Waals surface area (Å²) in [5, 5.41) is 19.3. The molecule has 4 aromatic rings. The van der Waals surface area contributed by atoms with Crippen LogP contribution in [0, 0.1) is 6.92 Å².